The predicted molar refractivity (Wildman–Crippen MR) is 99.9 cm³/mol. The number of carbonyl (C=O) groups is 2. The molecule has 0 aliphatic carbocycles. The molecular weight excluding hydrogens is 371 g/mol. The number of benzene rings is 2. The van der Waals surface area contributed by atoms with Crippen molar-refractivity contribution in [3.8, 4) is 0 Å². The fourth-order valence-electron chi connectivity index (χ4n) is 3.13. The molecular formula is C20H14ClFN2O3. The number of nitrogens with zero attached hydrogens (tertiary/aromatic N) is 1. The molecule has 4 rings (SSSR count). The van der Waals surface area contributed by atoms with Gasteiger partial charge in [-0.1, -0.05) is 17.7 Å². The highest BCUT2D eigenvalue weighted by molar-refractivity contribution is 6.34. The Kier molecular flexibility index (Phi) is 4.41. The Hall–Kier alpha value is -3.12. The van der Waals surface area contributed by atoms with Gasteiger partial charge in [-0.3, -0.25) is 9.59 Å². The molecule has 27 heavy (non-hydrogen) atoms. The quantitative estimate of drug-likeness (QED) is 0.721. The van der Waals surface area contributed by atoms with Gasteiger partial charge in [-0.15, -0.1) is 0 Å². The summed E-state index contributed by atoms with van der Waals surface area (Å²) in [7, 11) is 0. The Bertz CT molecular complexity index is 1010. The van der Waals surface area contributed by atoms with E-state index in [1.807, 2.05) is 0 Å². The van der Waals surface area contributed by atoms with Gasteiger partial charge in [0.05, 0.1) is 16.8 Å². The lowest BCUT2D eigenvalue weighted by atomic mass is 10.1. The molecule has 2 heterocycles. The maximum Gasteiger partial charge on any atom is 0.293 e. The Morgan fingerprint density at radius 3 is 2.74 bits per heavy atom. The number of halogens is 2. The fraction of sp³-hybridized carbons (Fsp3) is 0.100. The van der Waals surface area contributed by atoms with Gasteiger partial charge in [0.15, 0.2) is 5.76 Å². The molecule has 0 fully saturated rings. The van der Waals surface area contributed by atoms with Crippen molar-refractivity contribution in [3.05, 3.63) is 82.5 Å². The first kappa shape index (κ1) is 17.3. The van der Waals surface area contributed by atoms with Crippen LogP contribution in [0, 0.1) is 5.82 Å². The van der Waals surface area contributed by atoms with Crippen LogP contribution in [-0.4, -0.2) is 18.4 Å². The first-order chi connectivity index (χ1) is 13.0. The lowest BCUT2D eigenvalue weighted by molar-refractivity contribution is 0.0961. The van der Waals surface area contributed by atoms with Crippen molar-refractivity contribution in [2.24, 2.45) is 0 Å². The summed E-state index contributed by atoms with van der Waals surface area (Å²) in [5, 5.41) is 2.70. The molecule has 1 aliphatic rings. The number of fused-ring (bicyclic) bond motifs is 1. The van der Waals surface area contributed by atoms with Crippen LogP contribution < -0.4 is 10.2 Å². The molecule has 0 atom stereocenters. The van der Waals surface area contributed by atoms with Crippen molar-refractivity contribution < 1.29 is 18.4 Å². The topological polar surface area (TPSA) is 62.6 Å². The van der Waals surface area contributed by atoms with Gasteiger partial charge in [-0.25, -0.2) is 4.39 Å². The first-order valence-corrected chi connectivity index (χ1v) is 8.66. The van der Waals surface area contributed by atoms with Gasteiger partial charge in [-0.05, 0) is 54.4 Å². The summed E-state index contributed by atoms with van der Waals surface area (Å²) in [5.74, 6) is -1.25. The number of amides is 2. The molecule has 2 amide bonds. The molecule has 0 bridgehead atoms. The van der Waals surface area contributed by atoms with Crippen LogP contribution in [-0.2, 0) is 6.42 Å². The van der Waals surface area contributed by atoms with Crippen molar-refractivity contribution in [2.75, 3.05) is 16.8 Å². The minimum atomic E-state index is -0.684. The maximum atomic E-state index is 13.9. The zero-order chi connectivity index (χ0) is 19.0. The molecule has 7 heteroatoms. The highest BCUT2D eigenvalue weighted by atomic mass is 35.5. The van der Waals surface area contributed by atoms with E-state index < -0.39 is 11.7 Å². The standard InChI is InChI=1S/C20H14ClFN2O3/c21-14-3-1-4-15(22)18(14)19(25)23-13-6-7-16-12(11-13)8-9-24(16)20(26)17-5-2-10-27-17/h1-7,10-11H,8-9H2,(H,23,25). The van der Waals surface area contributed by atoms with E-state index >= 15 is 0 Å². The number of rotatable bonds is 3. The third-order valence-electron chi connectivity index (χ3n) is 4.40. The van der Waals surface area contributed by atoms with Crippen molar-refractivity contribution in [3.63, 3.8) is 0 Å². The van der Waals surface area contributed by atoms with Crippen LogP contribution >= 0.6 is 11.6 Å². The van der Waals surface area contributed by atoms with E-state index in [0.717, 1.165) is 11.3 Å². The third-order valence-corrected chi connectivity index (χ3v) is 4.71. The summed E-state index contributed by atoms with van der Waals surface area (Å²) in [6.07, 6.45) is 2.10. The van der Waals surface area contributed by atoms with Crippen molar-refractivity contribution in [1.82, 2.24) is 0 Å². The summed E-state index contributed by atoms with van der Waals surface area (Å²) < 4.78 is 19.1. The van der Waals surface area contributed by atoms with E-state index in [-0.39, 0.29) is 22.3 Å². The second-order valence-corrected chi connectivity index (χ2v) is 6.49. The molecule has 136 valence electrons. The van der Waals surface area contributed by atoms with Crippen LogP contribution in [0.4, 0.5) is 15.8 Å². The molecule has 1 aliphatic heterocycles. The molecule has 0 unspecified atom stereocenters. The van der Waals surface area contributed by atoms with E-state index in [4.69, 9.17) is 16.0 Å². The summed E-state index contributed by atoms with van der Waals surface area (Å²) >= 11 is 5.93. The van der Waals surface area contributed by atoms with Crippen LogP contribution in [0.1, 0.15) is 26.5 Å². The predicted octanol–water partition coefficient (Wildman–Crippen LogP) is 4.53. The Balaban J connectivity index is 1.56. The van der Waals surface area contributed by atoms with E-state index in [0.29, 0.717) is 18.7 Å². The van der Waals surface area contributed by atoms with Crippen LogP contribution in [0.15, 0.2) is 59.2 Å². The minimum Gasteiger partial charge on any atom is -0.459 e. The molecule has 1 N–H and O–H groups in total. The molecule has 0 saturated carbocycles. The molecule has 3 aromatic rings. The second kappa shape index (κ2) is 6.89. The molecule has 0 radical (unpaired) electrons. The third kappa shape index (κ3) is 3.19. The Morgan fingerprint density at radius 1 is 1.15 bits per heavy atom. The van der Waals surface area contributed by atoms with Crippen molar-refractivity contribution in [1.29, 1.82) is 0 Å². The van der Waals surface area contributed by atoms with Gasteiger partial charge in [0.1, 0.15) is 5.82 Å². The second-order valence-electron chi connectivity index (χ2n) is 6.08. The largest absolute Gasteiger partial charge is 0.459 e. The molecule has 1 aromatic heterocycles. The van der Waals surface area contributed by atoms with Gasteiger partial charge < -0.3 is 14.6 Å². The van der Waals surface area contributed by atoms with Crippen LogP contribution in [0.2, 0.25) is 5.02 Å². The minimum absolute atomic E-state index is 0.0453. The molecule has 0 spiro atoms. The van der Waals surface area contributed by atoms with Crippen LogP contribution in [0.3, 0.4) is 0 Å². The first-order valence-electron chi connectivity index (χ1n) is 8.28. The average Bonchev–Trinajstić information content (AvgIpc) is 3.31. The number of hydrogen-bond acceptors (Lipinski definition) is 3. The van der Waals surface area contributed by atoms with Gasteiger partial charge >= 0.3 is 0 Å². The summed E-state index contributed by atoms with van der Waals surface area (Å²) in [6, 6.07) is 12.6. The number of furan rings is 1. The van der Waals surface area contributed by atoms with Gasteiger partial charge in [0.2, 0.25) is 0 Å². The smallest absolute Gasteiger partial charge is 0.293 e. The fourth-order valence-corrected chi connectivity index (χ4v) is 3.38. The Labute approximate surface area is 159 Å². The lowest BCUT2D eigenvalue weighted by Gasteiger charge is -2.16. The van der Waals surface area contributed by atoms with Gasteiger partial charge in [-0.2, -0.15) is 0 Å². The van der Waals surface area contributed by atoms with Crippen LogP contribution in [0.5, 0.6) is 0 Å². The van der Waals surface area contributed by atoms with Gasteiger partial charge in [0, 0.05) is 17.9 Å². The number of nitrogens with one attached hydrogen (secondary N) is 1. The zero-order valence-corrected chi connectivity index (χ0v) is 14.8. The van der Waals surface area contributed by atoms with Crippen molar-refractivity contribution in [2.45, 2.75) is 6.42 Å². The van der Waals surface area contributed by atoms with E-state index in [9.17, 15) is 14.0 Å². The summed E-state index contributed by atoms with van der Waals surface area (Å²) in [4.78, 5) is 26.5. The average molecular weight is 385 g/mol. The van der Waals surface area contributed by atoms with E-state index in [1.165, 1.54) is 24.5 Å². The van der Waals surface area contributed by atoms with E-state index in [1.54, 1.807) is 35.2 Å². The number of anilines is 2. The number of hydrogen-bond donors (Lipinski definition) is 1. The van der Waals surface area contributed by atoms with E-state index in [2.05, 4.69) is 5.32 Å². The maximum absolute atomic E-state index is 13.9. The summed E-state index contributed by atoms with van der Waals surface area (Å²) in [6.45, 7) is 0.519. The Morgan fingerprint density at radius 2 is 2.00 bits per heavy atom. The monoisotopic (exact) mass is 384 g/mol. The van der Waals surface area contributed by atoms with Crippen LogP contribution in [0.25, 0.3) is 0 Å². The molecule has 5 nitrogen and oxygen atoms in total. The SMILES string of the molecule is O=C(Nc1ccc2c(c1)CCN2C(=O)c1ccco1)c1c(F)cccc1Cl. The molecule has 0 saturated heterocycles. The highest BCUT2D eigenvalue weighted by Gasteiger charge is 2.27. The summed E-state index contributed by atoms with van der Waals surface area (Å²) in [5.41, 5.74) is 1.98. The highest BCUT2D eigenvalue weighted by Crippen LogP contribution is 2.32. The van der Waals surface area contributed by atoms with Crippen molar-refractivity contribution >= 4 is 34.8 Å². The molecule has 2 aromatic carbocycles. The number of carbonyl (C=O) groups excluding carboxylic acids is 2. The van der Waals surface area contributed by atoms with Gasteiger partial charge in [0.25, 0.3) is 11.8 Å². The normalized spacial score (nSPS) is 12.7. The zero-order valence-electron chi connectivity index (χ0n) is 14.0. The lowest BCUT2D eigenvalue weighted by Crippen LogP contribution is -2.28.